The number of carbonyl (C=O) groups is 1. The molecule has 3 rings (SSSR count). The summed E-state index contributed by atoms with van der Waals surface area (Å²) in [4.78, 5) is 12.4. The average Bonchev–Trinajstić information content (AvgIpc) is 3.25. The summed E-state index contributed by atoms with van der Waals surface area (Å²) in [5.41, 5.74) is 1.33. The number of sulfonamides is 1. The molecule has 2 aromatic carbocycles. The topological polar surface area (TPSA) is 93.7 Å². The van der Waals surface area contributed by atoms with Crippen LogP contribution in [0, 0.1) is 0 Å². The van der Waals surface area contributed by atoms with Crippen LogP contribution < -0.4 is 14.8 Å². The molecule has 150 valence electrons. The van der Waals surface area contributed by atoms with Gasteiger partial charge in [0.2, 0.25) is 10.0 Å². The van der Waals surface area contributed by atoms with Crippen LogP contribution in [-0.2, 0) is 21.3 Å². The number of carbonyl (C=O) groups excluding carboxylic acids is 1. The SMILES string of the molecule is COc1ccc(CNC(=O)c2ccc(S(=O)(=O)NC[C@@H]3CCCO3)cc2)cc1. The summed E-state index contributed by atoms with van der Waals surface area (Å²) < 4.78 is 37.8. The van der Waals surface area contributed by atoms with Crippen molar-refractivity contribution in [1.29, 1.82) is 0 Å². The molecule has 7 nitrogen and oxygen atoms in total. The molecule has 0 radical (unpaired) electrons. The van der Waals surface area contributed by atoms with Crippen LogP contribution in [0.1, 0.15) is 28.8 Å². The van der Waals surface area contributed by atoms with Crippen LogP contribution in [0.5, 0.6) is 5.75 Å². The fourth-order valence-corrected chi connectivity index (χ4v) is 3.97. The number of benzene rings is 2. The molecule has 0 aromatic heterocycles. The molecule has 1 amide bonds. The third kappa shape index (κ3) is 5.31. The fourth-order valence-electron chi connectivity index (χ4n) is 2.90. The predicted octanol–water partition coefficient (Wildman–Crippen LogP) is 2.08. The summed E-state index contributed by atoms with van der Waals surface area (Å²) in [5.74, 6) is 0.479. The van der Waals surface area contributed by atoms with Crippen molar-refractivity contribution in [1.82, 2.24) is 10.0 Å². The average molecular weight is 404 g/mol. The zero-order valence-electron chi connectivity index (χ0n) is 15.7. The Hall–Kier alpha value is -2.42. The second-order valence-corrected chi connectivity index (χ2v) is 8.31. The van der Waals surface area contributed by atoms with Gasteiger partial charge in [0.25, 0.3) is 5.91 Å². The lowest BCUT2D eigenvalue weighted by Crippen LogP contribution is -2.31. The minimum absolute atomic E-state index is 0.0715. The van der Waals surface area contributed by atoms with Crippen molar-refractivity contribution in [3.05, 3.63) is 59.7 Å². The largest absolute Gasteiger partial charge is 0.497 e. The van der Waals surface area contributed by atoms with E-state index in [1.165, 1.54) is 24.3 Å². The van der Waals surface area contributed by atoms with Gasteiger partial charge in [-0.3, -0.25) is 4.79 Å². The van der Waals surface area contributed by atoms with Gasteiger partial charge in [-0.2, -0.15) is 0 Å². The number of hydrogen-bond acceptors (Lipinski definition) is 5. The predicted molar refractivity (Wildman–Crippen MR) is 105 cm³/mol. The maximum Gasteiger partial charge on any atom is 0.251 e. The van der Waals surface area contributed by atoms with E-state index in [0.717, 1.165) is 24.2 Å². The third-order valence-corrected chi connectivity index (χ3v) is 6.00. The van der Waals surface area contributed by atoms with Crippen LogP contribution in [0.3, 0.4) is 0 Å². The van der Waals surface area contributed by atoms with Crippen molar-refractivity contribution in [2.75, 3.05) is 20.3 Å². The molecule has 1 heterocycles. The maximum absolute atomic E-state index is 12.4. The van der Waals surface area contributed by atoms with Crippen molar-refractivity contribution in [3.63, 3.8) is 0 Å². The van der Waals surface area contributed by atoms with Crippen LogP contribution in [0.4, 0.5) is 0 Å². The minimum Gasteiger partial charge on any atom is -0.497 e. The van der Waals surface area contributed by atoms with Gasteiger partial charge in [-0.15, -0.1) is 0 Å². The van der Waals surface area contributed by atoms with Gasteiger partial charge in [-0.1, -0.05) is 12.1 Å². The van der Waals surface area contributed by atoms with Gasteiger partial charge in [0, 0.05) is 25.3 Å². The number of ether oxygens (including phenoxy) is 2. The van der Waals surface area contributed by atoms with E-state index < -0.39 is 10.0 Å². The molecular formula is C20H24N2O5S. The van der Waals surface area contributed by atoms with E-state index in [1.54, 1.807) is 7.11 Å². The number of nitrogens with one attached hydrogen (secondary N) is 2. The highest BCUT2D eigenvalue weighted by atomic mass is 32.2. The molecule has 2 N–H and O–H groups in total. The molecular weight excluding hydrogens is 380 g/mol. The van der Waals surface area contributed by atoms with E-state index in [4.69, 9.17) is 9.47 Å². The highest BCUT2D eigenvalue weighted by Gasteiger charge is 2.20. The lowest BCUT2D eigenvalue weighted by molar-refractivity contribution is 0.0951. The minimum atomic E-state index is -3.63. The summed E-state index contributed by atoms with van der Waals surface area (Å²) in [6.45, 7) is 1.30. The fraction of sp³-hybridized carbons (Fsp3) is 0.350. The van der Waals surface area contributed by atoms with Gasteiger partial charge >= 0.3 is 0 Å². The molecule has 0 saturated carbocycles. The Labute approximate surface area is 165 Å². The number of hydrogen-bond donors (Lipinski definition) is 2. The molecule has 1 aliphatic heterocycles. The third-order valence-electron chi connectivity index (χ3n) is 4.56. The molecule has 8 heteroatoms. The summed E-state index contributed by atoms with van der Waals surface area (Å²) in [6.07, 6.45) is 1.74. The van der Waals surface area contributed by atoms with Gasteiger partial charge < -0.3 is 14.8 Å². The van der Waals surface area contributed by atoms with E-state index in [1.807, 2.05) is 24.3 Å². The molecule has 2 aromatic rings. The highest BCUT2D eigenvalue weighted by Crippen LogP contribution is 2.15. The zero-order chi connectivity index (χ0) is 20.0. The van der Waals surface area contributed by atoms with E-state index in [2.05, 4.69) is 10.0 Å². The van der Waals surface area contributed by atoms with E-state index in [-0.39, 0.29) is 23.5 Å². The quantitative estimate of drug-likeness (QED) is 0.703. The number of methoxy groups -OCH3 is 1. The summed E-state index contributed by atoms with van der Waals surface area (Å²) in [7, 11) is -2.03. The van der Waals surface area contributed by atoms with Gasteiger partial charge in [-0.25, -0.2) is 13.1 Å². The Morgan fingerprint density at radius 1 is 1.14 bits per heavy atom. The van der Waals surface area contributed by atoms with Crippen molar-refractivity contribution in [2.45, 2.75) is 30.4 Å². The molecule has 1 saturated heterocycles. The first-order valence-electron chi connectivity index (χ1n) is 9.10. The monoisotopic (exact) mass is 404 g/mol. The summed E-state index contributed by atoms with van der Waals surface area (Å²) in [6, 6.07) is 13.3. The van der Waals surface area contributed by atoms with Gasteiger partial charge in [0.1, 0.15) is 5.75 Å². The molecule has 1 fully saturated rings. The van der Waals surface area contributed by atoms with Crippen molar-refractivity contribution in [2.24, 2.45) is 0 Å². The smallest absolute Gasteiger partial charge is 0.251 e. The van der Waals surface area contributed by atoms with Gasteiger partial charge in [-0.05, 0) is 54.8 Å². The zero-order valence-corrected chi connectivity index (χ0v) is 16.5. The Balaban J connectivity index is 1.55. The second kappa shape index (κ2) is 9.18. The first-order chi connectivity index (χ1) is 13.5. The molecule has 28 heavy (non-hydrogen) atoms. The number of amides is 1. The summed E-state index contributed by atoms with van der Waals surface area (Å²) in [5, 5.41) is 2.81. The lowest BCUT2D eigenvalue weighted by Gasteiger charge is -2.12. The highest BCUT2D eigenvalue weighted by molar-refractivity contribution is 7.89. The Morgan fingerprint density at radius 3 is 2.46 bits per heavy atom. The Bertz CT molecular complexity index is 889. The number of rotatable bonds is 8. The van der Waals surface area contributed by atoms with E-state index in [0.29, 0.717) is 18.7 Å². The maximum atomic E-state index is 12.4. The Morgan fingerprint density at radius 2 is 1.86 bits per heavy atom. The first-order valence-corrected chi connectivity index (χ1v) is 10.6. The van der Waals surface area contributed by atoms with Crippen LogP contribution in [0.2, 0.25) is 0 Å². The molecule has 1 aliphatic rings. The molecule has 0 aliphatic carbocycles. The second-order valence-electron chi connectivity index (χ2n) is 6.54. The van der Waals surface area contributed by atoms with E-state index in [9.17, 15) is 13.2 Å². The van der Waals surface area contributed by atoms with Crippen molar-refractivity contribution < 1.29 is 22.7 Å². The molecule has 0 bridgehead atoms. The standard InChI is InChI=1S/C20H24N2O5S/c1-26-17-8-4-15(5-9-17)13-21-20(23)16-6-10-19(11-7-16)28(24,25)22-14-18-3-2-12-27-18/h4-11,18,22H,2-3,12-14H2,1H3,(H,21,23)/t18-/m0/s1. The van der Waals surface area contributed by atoms with Crippen molar-refractivity contribution >= 4 is 15.9 Å². The Kier molecular flexibility index (Phi) is 6.66. The van der Waals surface area contributed by atoms with Crippen LogP contribution in [0.15, 0.2) is 53.4 Å². The molecule has 0 unspecified atom stereocenters. The normalized spacial score (nSPS) is 16.7. The van der Waals surface area contributed by atoms with Crippen LogP contribution in [0.25, 0.3) is 0 Å². The van der Waals surface area contributed by atoms with Crippen molar-refractivity contribution in [3.8, 4) is 5.75 Å². The lowest BCUT2D eigenvalue weighted by atomic mass is 10.2. The first kappa shape index (κ1) is 20.3. The summed E-state index contributed by atoms with van der Waals surface area (Å²) >= 11 is 0. The van der Waals surface area contributed by atoms with Crippen LogP contribution >= 0.6 is 0 Å². The molecule has 1 atom stereocenters. The van der Waals surface area contributed by atoms with E-state index >= 15 is 0 Å². The molecule has 0 spiro atoms. The van der Waals surface area contributed by atoms with Gasteiger partial charge in [0.05, 0.1) is 18.1 Å². The van der Waals surface area contributed by atoms with Gasteiger partial charge in [0.15, 0.2) is 0 Å². The van der Waals surface area contributed by atoms with Crippen LogP contribution in [-0.4, -0.2) is 40.7 Å².